The first kappa shape index (κ1) is 15.3. The number of esters is 1. The molecule has 1 atom stereocenters. The first-order chi connectivity index (χ1) is 10.0. The highest BCUT2D eigenvalue weighted by Gasteiger charge is 2.38. The molecule has 2 heterocycles. The Hall–Kier alpha value is -2.06. The van der Waals surface area contributed by atoms with Crippen LogP contribution in [0.2, 0.25) is 0 Å². The summed E-state index contributed by atoms with van der Waals surface area (Å²) < 4.78 is 9.97. The molecular formula is C13H14N2O5S. The lowest BCUT2D eigenvalue weighted by atomic mass is 10.1. The highest BCUT2D eigenvalue weighted by Crippen LogP contribution is 2.33. The molecule has 7 nitrogen and oxygen atoms in total. The van der Waals surface area contributed by atoms with Crippen LogP contribution in [0.1, 0.15) is 12.7 Å². The fraction of sp³-hybridized carbons (Fsp3) is 0.308. The largest absolute Gasteiger partial charge is 0.478 e. The monoisotopic (exact) mass is 310 g/mol. The summed E-state index contributed by atoms with van der Waals surface area (Å²) >= 11 is 1.02. The fourth-order valence-corrected chi connectivity index (χ4v) is 2.82. The van der Waals surface area contributed by atoms with E-state index in [-0.39, 0.29) is 29.3 Å². The van der Waals surface area contributed by atoms with E-state index in [1.807, 2.05) is 0 Å². The van der Waals surface area contributed by atoms with E-state index in [1.165, 1.54) is 6.26 Å². The summed E-state index contributed by atoms with van der Waals surface area (Å²) in [4.78, 5) is 27.4. The summed E-state index contributed by atoms with van der Waals surface area (Å²) in [6.07, 6.45) is 1.50. The van der Waals surface area contributed by atoms with Crippen molar-refractivity contribution in [2.24, 2.45) is 10.7 Å². The van der Waals surface area contributed by atoms with Gasteiger partial charge in [0, 0.05) is 0 Å². The van der Waals surface area contributed by atoms with E-state index in [0.717, 1.165) is 11.8 Å². The lowest BCUT2D eigenvalue weighted by molar-refractivity contribution is -0.139. The molecule has 0 saturated heterocycles. The van der Waals surface area contributed by atoms with E-state index in [4.69, 9.17) is 14.9 Å². The molecule has 21 heavy (non-hydrogen) atoms. The molecule has 1 aliphatic rings. The first-order valence-electron chi connectivity index (χ1n) is 6.18. The summed E-state index contributed by atoms with van der Waals surface area (Å²) in [5, 5.41) is 8.71. The van der Waals surface area contributed by atoms with Crippen LogP contribution < -0.4 is 5.73 Å². The number of nitrogens with zero attached hydrogens (tertiary/aromatic N) is 1. The molecule has 0 radical (unpaired) electrons. The Labute approximate surface area is 124 Å². The van der Waals surface area contributed by atoms with Crippen LogP contribution in [0.4, 0.5) is 0 Å². The van der Waals surface area contributed by atoms with Crippen molar-refractivity contribution in [1.82, 2.24) is 0 Å². The molecule has 1 aliphatic heterocycles. The van der Waals surface area contributed by atoms with Crippen LogP contribution in [0.3, 0.4) is 0 Å². The average molecular weight is 310 g/mol. The number of ether oxygens (including phenoxy) is 1. The zero-order chi connectivity index (χ0) is 15.4. The van der Waals surface area contributed by atoms with Crippen LogP contribution in [-0.2, 0) is 20.9 Å². The Morgan fingerprint density at radius 1 is 1.57 bits per heavy atom. The highest BCUT2D eigenvalue weighted by molar-refractivity contribution is 8.15. The molecule has 1 unspecified atom stereocenters. The number of carbonyl (C=O) groups excluding carboxylic acids is 1. The van der Waals surface area contributed by atoms with Crippen LogP contribution in [0.5, 0.6) is 0 Å². The third-order valence-corrected chi connectivity index (χ3v) is 3.72. The molecule has 0 bridgehead atoms. The number of carboxylic acids is 1. The molecule has 2 rings (SSSR count). The Bertz CT molecular complexity index is 606. The van der Waals surface area contributed by atoms with Crippen LogP contribution in [0, 0.1) is 0 Å². The molecule has 0 amide bonds. The predicted octanol–water partition coefficient (Wildman–Crippen LogP) is 1.15. The quantitative estimate of drug-likeness (QED) is 0.784. The van der Waals surface area contributed by atoms with Crippen molar-refractivity contribution in [2.45, 2.75) is 18.8 Å². The van der Waals surface area contributed by atoms with Crippen LogP contribution in [-0.4, -0.2) is 34.1 Å². The maximum absolute atomic E-state index is 11.8. The first-order valence-corrected chi connectivity index (χ1v) is 7.06. The predicted molar refractivity (Wildman–Crippen MR) is 76.7 cm³/mol. The highest BCUT2D eigenvalue weighted by atomic mass is 32.2. The van der Waals surface area contributed by atoms with Gasteiger partial charge in [-0.1, -0.05) is 11.8 Å². The number of carbonyl (C=O) groups is 2. The van der Waals surface area contributed by atoms with Crippen molar-refractivity contribution < 1.29 is 23.8 Å². The molecule has 0 fully saturated rings. The topological polar surface area (TPSA) is 115 Å². The summed E-state index contributed by atoms with van der Waals surface area (Å²) in [7, 11) is 0. The molecule has 8 heteroatoms. The molecule has 0 aromatic carbocycles. The summed E-state index contributed by atoms with van der Waals surface area (Å²) in [5.74, 6) is -1.39. The van der Waals surface area contributed by atoms with Gasteiger partial charge in [0.15, 0.2) is 0 Å². The normalized spacial score (nSPS) is 20.1. The molecule has 1 aromatic rings. The number of aliphatic imine (C=N–C) groups is 1. The van der Waals surface area contributed by atoms with Crippen LogP contribution in [0.15, 0.2) is 39.0 Å². The van der Waals surface area contributed by atoms with Crippen molar-refractivity contribution >= 4 is 28.7 Å². The minimum absolute atomic E-state index is 0.0625. The number of thioether (sulfide) groups is 1. The molecule has 3 N–H and O–H groups in total. The Morgan fingerprint density at radius 3 is 2.90 bits per heavy atom. The van der Waals surface area contributed by atoms with Gasteiger partial charge in [-0.2, -0.15) is 0 Å². The Balaban J connectivity index is 2.32. The van der Waals surface area contributed by atoms with Crippen molar-refractivity contribution in [2.75, 3.05) is 6.61 Å². The standard InChI is InChI=1S/C13H14N2O5S/c1-2-19-13(18)8-9(12(16)17)11(21-10(8)14)15-6-7-4-3-5-20-7/h3-5,10H,2,6,14H2,1H3,(H,16,17). The van der Waals surface area contributed by atoms with Crippen molar-refractivity contribution in [1.29, 1.82) is 0 Å². The zero-order valence-electron chi connectivity index (χ0n) is 11.2. The third-order valence-electron chi connectivity index (χ3n) is 2.67. The third kappa shape index (κ3) is 3.34. The summed E-state index contributed by atoms with van der Waals surface area (Å²) in [6.45, 7) is 1.96. The molecule has 0 spiro atoms. The SMILES string of the molecule is CCOC(=O)C1=C(C(=O)O)C(=NCc2ccco2)SC1N. The van der Waals surface area contributed by atoms with Gasteiger partial charge in [0.25, 0.3) is 0 Å². The van der Waals surface area contributed by atoms with E-state index < -0.39 is 17.3 Å². The number of nitrogens with two attached hydrogens (primary N) is 1. The number of hydrogen-bond donors (Lipinski definition) is 2. The molecular weight excluding hydrogens is 296 g/mol. The molecule has 0 saturated carbocycles. The van der Waals surface area contributed by atoms with Gasteiger partial charge in [0.05, 0.1) is 30.4 Å². The Kier molecular flexibility index (Phi) is 4.81. The summed E-state index contributed by atoms with van der Waals surface area (Å²) in [5.41, 5.74) is 5.56. The van der Waals surface area contributed by atoms with Gasteiger partial charge in [-0.3, -0.25) is 4.99 Å². The van der Waals surface area contributed by atoms with Gasteiger partial charge in [0.2, 0.25) is 0 Å². The van der Waals surface area contributed by atoms with E-state index in [0.29, 0.717) is 5.76 Å². The number of rotatable bonds is 5. The number of furan rings is 1. The van der Waals surface area contributed by atoms with Gasteiger partial charge in [-0.05, 0) is 19.1 Å². The van der Waals surface area contributed by atoms with Gasteiger partial charge in [0.1, 0.15) is 16.4 Å². The van der Waals surface area contributed by atoms with Crippen molar-refractivity contribution in [3.8, 4) is 0 Å². The minimum atomic E-state index is -1.25. The maximum Gasteiger partial charge on any atom is 0.339 e. The Morgan fingerprint density at radius 2 is 2.33 bits per heavy atom. The average Bonchev–Trinajstić information content (AvgIpc) is 3.03. The van der Waals surface area contributed by atoms with Gasteiger partial charge < -0.3 is 20.0 Å². The van der Waals surface area contributed by atoms with E-state index in [1.54, 1.807) is 19.1 Å². The second-order valence-electron chi connectivity index (χ2n) is 4.05. The van der Waals surface area contributed by atoms with Gasteiger partial charge in [-0.15, -0.1) is 0 Å². The van der Waals surface area contributed by atoms with Crippen molar-refractivity contribution in [3.63, 3.8) is 0 Å². The van der Waals surface area contributed by atoms with Crippen molar-refractivity contribution in [3.05, 3.63) is 35.3 Å². The van der Waals surface area contributed by atoms with Gasteiger partial charge >= 0.3 is 11.9 Å². The van der Waals surface area contributed by atoms with E-state index >= 15 is 0 Å². The summed E-state index contributed by atoms with van der Waals surface area (Å²) in [6, 6.07) is 3.43. The lowest BCUT2D eigenvalue weighted by Crippen LogP contribution is -2.24. The van der Waals surface area contributed by atoms with Crippen LogP contribution in [0.25, 0.3) is 0 Å². The number of carboxylic acid groups (broad SMARTS) is 1. The number of hydrogen-bond acceptors (Lipinski definition) is 7. The lowest BCUT2D eigenvalue weighted by Gasteiger charge is -2.06. The second-order valence-corrected chi connectivity index (χ2v) is 5.18. The smallest absolute Gasteiger partial charge is 0.339 e. The number of aliphatic carboxylic acids is 1. The maximum atomic E-state index is 11.8. The molecule has 112 valence electrons. The van der Waals surface area contributed by atoms with E-state index in [9.17, 15) is 14.7 Å². The minimum Gasteiger partial charge on any atom is -0.478 e. The zero-order valence-corrected chi connectivity index (χ0v) is 12.1. The fourth-order valence-electron chi connectivity index (χ4n) is 1.80. The molecule has 1 aromatic heterocycles. The van der Waals surface area contributed by atoms with E-state index in [2.05, 4.69) is 4.99 Å². The van der Waals surface area contributed by atoms with Gasteiger partial charge in [-0.25, -0.2) is 9.59 Å². The second kappa shape index (κ2) is 6.59. The molecule has 0 aliphatic carbocycles. The van der Waals surface area contributed by atoms with Crippen LogP contribution >= 0.6 is 11.8 Å².